The van der Waals surface area contributed by atoms with E-state index in [0.29, 0.717) is 0 Å². The van der Waals surface area contributed by atoms with Gasteiger partial charge in [0.2, 0.25) is 0 Å². The van der Waals surface area contributed by atoms with Gasteiger partial charge in [0.25, 0.3) is 0 Å². The van der Waals surface area contributed by atoms with Gasteiger partial charge in [-0.15, -0.1) is 0 Å². The van der Waals surface area contributed by atoms with Gasteiger partial charge in [-0.3, -0.25) is 0 Å². The SMILES string of the molecule is C/C=C\C=C(/CC)CC(C)(C)CN. The lowest BCUT2D eigenvalue weighted by atomic mass is 9.85. The smallest absolute Gasteiger partial charge is 0.00228 e. The summed E-state index contributed by atoms with van der Waals surface area (Å²) in [5, 5.41) is 0. The molecule has 76 valence electrons. The molecule has 13 heavy (non-hydrogen) atoms. The summed E-state index contributed by atoms with van der Waals surface area (Å²) in [5.41, 5.74) is 7.41. The molecule has 0 aromatic carbocycles. The molecule has 0 heterocycles. The van der Waals surface area contributed by atoms with Crippen molar-refractivity contribution < 1.29 is 0 Å². The minimum absolute atomic E-state index is 0.240. The second kappa shape index (κ2) is 5.98. The fraction of sp³-hybridized carbons (Fsp3) is 0.667. The van der Waals surface area contributed by atoms with E-state index in [1.807, 2.05) is 6.92 Å². The molecule has 0 aromatic rings. The van der Waals surface area contributed by atoms with Crippen LogP contribution in [-0.4, -0.2) is 6.54 Å². The Kier molecular flexibility index (Phi) is 5.72. The molecule has 0 radical (unpaired) electrons. The van der Waals surface area contributed by atoms with Crippen LogP contribution in [0.5, 0.6) is 0 Å². The summed E-state index contributed by atoms with van der Waals surface area (Å²) in [5.74, 6) is 0. The van der Waals surface area contributed by atoms with Gasteiger partial charge >= 0.3 is 0 Å². The Morgan fingerprint density at radius 2 is 2.00 bits per heavy atom. The molecule has 0 aliphatic carbocycles. The molecule has 0 aliphatic rings. The van der Waals surface area contributed by atoms with Gasteiger partial charge < -0.3 is 5.73 Å². The summed E-state index contributed by atoms with van der Waals surface area (Å²) in [7, 11) is 0. The van der Waals surface area contributed by atoms with Crippen LogP contribution in [0, 0.1) is 5.41 Å². The number of hydrogen-bond acceptors (Lipinski definition) is 1. The minimum atomic E-state index is 0.240. The lowest BCUT2D eigenvalue weighted by molar-refractivity contribution is 0.372. The van der Waals surface area contributed by atoms with E-state index < -0.39 is 0 Å². The first-order valence-corrected chi connectivity index (χ1v) is 5.06. The van der Waals surface area contributed by atoms with E-state index in [0.717, 1.165) is 19.4 Å². The lowest BCUT2D eigenvalue weighted by Crippen LogP contribution is -2.23. The Morgan fingerprint density at radius 1 is 1.38 bits per heavy atom. The van der Waals surface area contributed by atoms with Crippen molar-refractivity contribution in [3.63, 3.8) is 0 Å². The summed E-state index contributed by atoms with van der Waals surface area (Å²) in [6.07, 6.45) is 8.59. The van der Waals surface area contributed by atoms with E-state index in [1.54, 1.807) is 0 Å². The van der Waals surface area contributed by atoms with Crippen LogP contribution >= 0.6 is 0 Å². The monoisotopic (exact) mass is 181 g/mol. The van der Waals surface area contributed by atoms with Gasteiger partial charge in [0.1, 0.15) is 0 Å². The van der Waals surface area contributed by atoms with Crippen LogP contribution in [0.1, 0.15) is 40.5 Å². The van der Waals surface area contributed by atoms with Crippen LogP contribution in [-0.2, 0) is 0 Å². The van der Waals surface area contributed by atoms with Crippen molar-refractivity contribution >= 4 is 0 Å². The molecule has 0 rings (SSSR count). The molecule has 0 unspecified atom stereocenters. The molecule has 0 amide bonds. The number of allylic oxidation sites excluding steroid dienone is 4. The van der Waals surface area contributed by atoms with Crippen LogP contribution < -0.4 is 5.73 Å². The quantitative estimate of drug-likeness (QED) is 0.647. The topological polar surface area (TPSA) is 26.0 Å². The molecule has 0 bridgehead atoms. The summed E-state index contributed by atoms with van der Waals surface area (Å²) < 4.78 is 0. The lowest BCUT2D eigenvalue weighted by Gasteiger charge is -2.23. The molecule has 0 saturated carbocycles. The third-order valence-electron chi connectivity index (χ3n) is 2.24. The molecular weight excluding hydrogens is 158 g/mol. The molecule has 0 spiro atoms. The van der Waals surface area contributed by atoms with Gasteiger partial charge in [-0.1, -0.05) is 44.6 Å². The van der Waals surface area contributed by atoms with E-state index in [4.69, 9.17) is 5.73 Å². The second-order valence-electron chi connectivity index (χ2n) is 4.25. The summed E-state index contributed by atoms with van der Waals surface area (Å²) in [4.78, 5) is 0. The largest absolute Gasteiger partial charge is 0.330 e. The third kappa shape index (κ3) is 5.64. The molecule has 0 aliphatic heterocycles. The standard InChI is InChI=1S/C12H23N/c1-5-7-8-11(6-2)9-12(3,4)10-13/h5,7-8H,6,9-10,13H2,1-4H3/b7-5-,11-8+. The molecule has 2 N–H and O–H groups in total. The Bertz CT molecular complexity index is 187. The second-order valence-corrected chi connectivity index (χ2v) is 4.25. The predicted molar refractivity (Wildman–Crippen MR) is 60.6 cm³/mol. The number of nitrogens with two attached hydrogens (primary N) is 1. The van der Waals surface area contributed by atoms with Crippen molar-refractivity contribution in [1.82, 2.24) is 0 Å². The van der Waals surface area contributed by atoms with E-state index >= 15 is 0 Å². The fourth-order valence-electron chi connectivity index (χ4n) is 1.22. The highest BCUT2D eigenvalue weighted by atomic mass is 14.6. The maximum absolute atomic E-state index is 5.69. The first kappa shape index (κ1) is 12.4. The predicted octanol–water partition coefficient (Wildman–Crippen LogP) is 3.27. The van der Waals surface area contributed by atoms with Gasteiger partial charge in [0.15, 0.2) is 0 Å². The van der Waals surface area contributed by atoms with Crippen LogP contribution in [0.3, 0.4) is 0 Å². The van der Waals surface area contributed by atoms with Crippen LogP contribution in [0.4, 0.5) is 0 Å². The van der Waals surface area contributed by atoms with Crippen LogP contribution in [0.2, 0.25) is 0 Å². The zero-order valence-corrected chi connectivity index (χ0v) is 9.43. The zero-order valence-electron chi connectivity index (χ0n) is 9.43. The fourth-order valence-corrected chi connectivity index (χ4v) is 1.22. The molecule has 0 aromatic heterocycles. The maximum atomic E-state index is 5.69. The maximum Gasteiger partial charge on any atom is -0.00228 e. The van der Waals surface area contributed by atoms with Crippen molar-refractivity contribution in [3.05, 3.63) is 23.8 Å². The van der Waals surface area contributed by atoms with E-state index in [-0.39, 0.29) is 5.41 Å². The zero-order chi connectivity index (χ0) is 10.3. The van der Waals surface area contributed by atoms with Crippen LogP contribution in [0.15, 0.2) is 23.8 Å². The Balaban J connectivity index is 4.28. The molecular formula is C12H23N. The summed E-state index contributed by atoms with van der Waals surface area (Å²) >= 11 is 0. The van der Waals surface area contributed by atoms with Gasteiger partial charge in [-0.25, -0.2) is 0 Å². The van der Waals surface area contributed by atoms with Gasteiger partial charge in [-0.2, -0.15) is 0 Å². The minimum Gasteiger partial charge on any atom is -0.330 e. The average molecular weight is 181 g/mol. The molecule has 0 atom stereocenters. The average Bonchev–Trinajstić information content (AvgIpc) is 2.12. The van der Waals surface area contributed by atoms with Gasteiger partial charge in [-0.05, 0) is 31.7 Å². The normalized spacial score (nSPS) is 14.1. The Hall–Kier alpha value is -0.560. The molecule has 1 nitrogen and oxygen atoms in total. The Morgan fingerprint density at radius 3 is 2.38 bits per heavy atom. The van der Waals surface area contributed by atoms with Crippen molar-refractivity contribution in [1.29, 1.82) is 0 Å². The summed E-state index contributed by atoms with van der Waals surface area (Å²) in [6, 6.07) is 0. The van der Waals surface area contributed by atoms with Crippen LogP contribution in [0.25, 0.3) is 0 Å². The van der Waals surface area contributed by atoms with Crippen molar-refractivity contribution in [2.24, 2.45) is 11.1 Å². The van der Waals surface area contributed by atoms with Gasteiger partial charge in [0, 0.05) is 0 Å². The Labute approximate surface area is 82.7 Å². The highest BCUT2D eigenvalue weighted by Gasteiger charge is 2.16. The third-order valence-corrected chi connectivity index (χ3v) is 2.24. The highest BCUT2D eigenvalue weighted by molar-refractivity contribution is 5.13. The summed E-state index contributed by atoms with van der Waals surface area (Å²) in [6.45, 7) is 9.41. The van der Waals surface area contributed by atoms with Crippen molar-refractivity contribution in [2.45, 2.75) is 40.5 Å². The molecule has 1 heteroatoms. The molecule has 0 fully saturated rings. The molecule has 0 saturated heterocycles. The van der Waals surface area contributed by atoms with E-state index in [9.17, 15) is 0 Å². The van der Waals surface area contributed by atoms with Gasteiger partial charge in [0.05, 0.1) is 0 Å². The highest BCUT2D eigenvalue weighted by Crippen LogP contribution is 2.25. The van der Waals surface area contributed by atoms with E-state index in [1.165, 1.54) is 5.57 Å². The first-order valence-electron chi connectivity index (χ1n) is 5.06. The van der Waals surface area contributed by atoms with Crippen molar-refractivity contribution in [2.75, 3.05) is 6.54 Å². The number of rotatable bonds is 5. The van der Waals surface area contributed by atoms with E-state index in [2.05, 4.69) is 39.0 Å². The van der Waals surface area contributed by atoms with Crippen molar-refractivity contribution in [3.8, 4) is 0 Å². The first-order chi connectivity index (χ1) is 6.05. The number of hydrogen-bond donors (Lipinski definition) is 1.